The molecule has 0 fully saturated rings. The van der Waals surface area contributed by atoms with Gasteiger partial charge in [-0.3, -0.25) is 0 Å². The molecule has 0 unspecified atom stereocenters. The minimum absolute atomic E-state index is 0.00856. The van der Waals surface area contributed by atoms with Crippen LogP contribution in [0.4, 0.5) is 0 Å². The summed E-state index contributed by atoms with van der Waals surface area (Å²) in [7, 11) is 0. The Balaban J connectivity index is 1.80. The number of aromatic nitrogens is 2. The smallest absolute Gasteiger partial charge is 0.0813 e. The Morgan fingerprint density at radius 2 is 1.74 bits per heavy atom. The summed E-state index contributed by atoms with van der Waals surface area (Å²) in [6.45, 7) is 4.70. The molecule has 2 nitrogen and oxygen atoms in total. The molecule has 3 aromatic carbocycles. The molecule has 27 heavy (non-hydrogen) atoms. The maximum atomic E-state index is 4.44. The molecule has 130 valence electrons. The maximum absolute atomic E-state index is 4.44. The average Bonchev–Trinajstić information content (AvgIpc) is 3.34. The zero-order valence-electron chi connectivity index (χ0n) is 15.2. The summed E-state index contributed by atoms with van der Waals surface area (Å²) in [5.74, 6) is 0. The van der Waals surface area contributed by atoms with E-state index in [1.807, 2.05) is 5.51 Å². The molecule has 0 atom stereocenters. The second kappa shape index (κ2) is 5.08. The highest BCUT2D eigenvalue weighted by Crippen LogP contribution is 2.53. The van der Waals surface area contributed by atoms with Crippen molar-refractivity contribution in [1.82, 2.24) is 9.55 Å². The Labute approximate surface area is 161 Å². The number of benzene rings is 3. The van der Waals surface area contributed by atoms with E-state index < -0.39 is 0 Å². The third-order valence-corrected chi connectivity index (χ3v) is 6.72. The molecule has 3 heteroatoms. The van der Waals surface area contributed by atoms with Crippen molar-refractivity contribution in [2.24, 2.45) is 0 Å². The number of para-hydroxylation sites is 1. The van der Waals surface area contributed by atoms with Crippen molar-refractivity contribution in [1.29, 1.82) is 0 Å². The van der Waals surface area contributed by atoms with Gasteiger partial charge in [-0.25, -0.2) is 4.98 Å². The van der Waals surface area contributed by atoms with Crippen molar-refractivity contribution in [3.8, 4) is 16.9 Å². The molecule has 0 aliphatic heterocycles. The molecule has 0 saturated carbocycles. The van der Waals surface area contributed by atoms with E-state index in [2.05, 4.69) is 90.1 Å². The largest absolute Gasteiger partial charge is 0.309 e. The van der Waals surface area contributed by atoms with E-state index in [4.69, 9.17) is 0 Å². The number of thiazole rings is 1. The summed E-state index contributed by atoms with van der Waals surface area (Å²) < 4.78 is 3.67. The van der Waals surface area contributed by atoms with Gasteiger partial charge in [0.25, 0.3) is 0 Å². The molecular weight excluding hydrogens is 348 g/mol. The fourth-order valence-corrected chi connectivity index (χ4v) is 5.46. The number of rotatable bonds is 1. The van der Waals surface area contributed by atoms with Gasteiger partial charge in [-0.05, 0) is 35.4 Å². The van der Waals surface area contributed by atoms with E-state index in [1.165, 1.54) is 43.7 Å². The number of nitrogens with zero attached hydrogens (tertiary/aromatic N) is 2. The van der Waals surface area contributed by atoms with Crippen molar-refractivity contribution < 1.29 is 0 Å². The normalized spacial score (nSPS) is 14.6. The zero-order chi connectivity index (χ0) is 18.2. The van der Waals surface area contributed by atoms with Crippen molar-refractivity contribution in [2.75, 3.05) is 0 Å². The molecule has 1 aliphatic rings. The van der Waals surface area contributed by atoms with Crippen molar-refractivity contribution in [3.63, 3.8) is 0 Å². The lowest BCUT2D eigenvalue weighted by Crippen LogP contribution is -2.14. The van der Waals surface area contributed by atoms with Gasteiger partial charge < -0.3 is 4.57 Å². The van der Waals surface area contributed by atoms with Crippen LogP contribution >= 0.6 is 11.3 Å². The fourth-order valence-electron chi connectivity index (χ4n) is 4.75. The first-order valence-electron chi connectivity index (χ1n) is 9.24. The van der Waals surface area contributed by atoms with E-state index in [0.29, 0.717) is 0 Å². The number of fused-ring (bicyclic) bond motifs is 6. The summed E-state index contributed by atoms with van der Waals surface area (Å²) in [5.41, 5.74) is 11.0. The molecule has 1 aliphatic carbocycles. The summed E-state index contributed by atoms with van der Waals surface area (Å²) in [6, 6.07) is 24.2. The topological polar surface area (TPSA) is 17.8 Å². The lowest BCUT2D eigenvalue weighted by atomic mass is 9.81. The Kier molecular flexibility index (Phi) is 2.86. The van der Waals surface area contributed by atoms with Gasteiger partial charge in [-0.2, -0.15) is 0 Å². The summed E-state index contributed by atoms with van der Waals surface area (Å²) in [6.07, 6.45) is 0. The predicted molar refractivity (Wildman–Crippen MR) is 114 cm³/mol. The first kappa shape index (κ1) is 15.2. The first-order chi connectivity index (χ1) is 13.2. The van der Waals surface area contributed by atoms with Gasteiger partial charge in [0.1, 0.15) is 0 Å². The van der Waals surface area contributed by atoms with Crippen molar-refractivity contribution >= 4 is 32.5 Å². The summed E-state index contributed by atoms with van der Waals surface area (Å²) >= 11 is 1.70. The molecule has 2 aromatic heterocycles. The maximum Gasteiger partial charge on any atom is 0.0813 e. The van der Waals surface area contributed by atoms with Crippen LogP contribution in [0.1, 0.15) is 25.0 Å². The molecular formula is C24H18N2S. The molecule has 0 amide bonds. The molecule has 0 saturated heterocycles. The second-order valence-corrected chi connectivity index (χ2v) is 8.64. The quantitative estimate of drug-likeness (QED) is 0.329. The third-order valence-electron chi connectivity index (χ3n) is 5.93. The lowest BCUT2D eigenvalue weighted by Gasteiger charge is -2.21. The Hall–Kier alpha value is -2.91. The zero-order valence-corrected chi connectivity index (χ0v) is 16.0. The highest BCUT2D eigenvalue weighted by molar-refractivity contribution is 7.16. The molecule has 0 bridgehead atoms. The van der Waals surface area contributed by atoms with Crippen LogP contribution in [-0.2, 0) is 5.41 Å². The van der Waals surface area contributed by atoms with Crippen LogP contribution in [0.15, 0.2) is 72.2 Å². The van der Waals surface area contributed by atoms with Crippen LogP contribution < -0.4 is 0 Å². The minimum atomic E-state index is -0.00856. The van der Waals surface area contributed by atoms with Gasteiger partial charge in [-0.15, -0.1) is 11.3 Å². The van der Waals surface area contributed by atoms with Crippen LogP contribution in [0.3, 0.4) is 0 Å². The molecule has 6 rings (SSSR count). The van der Waals surface area contributed by atoms with Crippen LogP contribution in [0, 0.1) is 0 Å². The highest BCUT2D eigenvalue weighted by atomic mass is 32.1. The summed E-state index contributed by atoms with van der Waals surface area (Å²) in [5, 5.41) is 1.35. The van der Waals surface area contributed by atoms with Gasteiger partial charge in [0, 0.05) is 22.1 Å². The van der Waals surface area contributed by atoms with E-state index in [9.17, 15) is 0 Å². The fraction of sp³-hybridized carbons (Fsp3) is 0.125. The van der Waals surface area contributed by atoms with Crippen LogP contribution in [0.2, 0.25) is 0 Å². The van der Waals surface area contributed by atoms with Gasteiger partial charge >= 0.3 is 0 Å². The molecule has 5 aromatic rings. The Morgan fingerprint density at radius 1 is 0.926 bits per heavy atom. The molecule has 0 N–H and O–H groups in total. The minimum Gasteiger partial charge on any atom is -0.309 e. The van der Waals surface area contributed by atoms with Gasteiger partial charge in [0.15, 0.2) is 0 Å². The monoisotopic (exact) mass is 366 g/mol. The second-order valence-electron chi connectivity index (χ2n) is 7.75. The van der Waals surface area contributed by atoms with E-state index in [-0.39, 0.29) is 5.41 Å². The van der Waals surface area contributed by atoms with Crippen LogP contribution in [-0.4, -0.2) is 9.55 Å². The summed E-state index contributed by atoms with van der Waals surface area (Å²) in [4.78, 5) is 4.44. The van der Waals surface area contributed by atoms with Gasteiger partial charge in [-0.1, -0.05) is 56.3 Å². The lowest BCUT2D eigenvalue weighted by molar-refractivity contribution is 0.666. The standard InChI is InChI=1S/C24H18N2S/c1-24(2)18-9-5-3-7-16(18)23-22(24)17-8-4-6-10-20(17)26(23)15-11-12-19-21(13-15)27-14-25-19/h3-14H,1-2H3. The van der Waals surface area contributed by atoms with Crippen molar-refractivity contribution in [2.45, 2.75) is 19.3 Å². The van der Waals surface area contributed by atoms with E-state index in [1.54, 1.807) is 11.3 Å². The Morgan fingerprint density at radius 3 is 2.67 bits per heavy atom. The molecule has 0 spiro atoms. The van der Waals surface area contributed by atoms with Crippen molar-refractivity contribution in [3.05, 3.63) is 83.4 Å². The SMILES string of the molecule is CC1(C)c2ccccc2-c2c1c1ccccc1n2-c1ccc2ncsc2c1. The third kappa shape index (κ3) is 1.87. The predicted octanol–water partition coefficient (Wildman–Crippen LogP) is 6.55. The van der Waals surface area contributed by atoms with E-state index >= 15 is 0 Å². The van der Waals surface area contributed by atoms with Crippen LogP contribution in [0.25, 0.3) is 38.1 Å². The Bertz CT molecular complexity index is 1350. The van der Waals surface area contributed by atoms with Gasteiger partial charge in [0.2, 0.25) is 0 Å². The molecule has 2 heterocycles. The highest BCUT2D eigenvalue weighted by Gasteiger charge is 2.40. The van der Waals surface area contributed by atoms with E-state index in [0.717, 1.165) is 5.52 Å². The van der Waals surface area contributed by atoms with Crippen LogP contribution in [0.5, 0.6) is 0 Å². The van der Waals surface area contributed by atoms with Gasteiger partial charge in [0.05, 0.1) is 26.9 Å². The molecule has 0 radical (unpaired) electrons. The first-order valence-corrected chi connectivity index (χ1v) is 10.1. The average molecular weight is 366 g/mol. The number of hydrogen-bond acceptors (Lipinski definition) is 2. The number of hydrogen-bond donors (Lipinski definition) is 0.